The molecule has 11 aromatic rings. The van der Waals surface area contributed by atoms with Crippen molar-refractivity contribution in [3.8, 4) is 77.9 Å². The van der Waals surface area contributed by atoms with Crippen molar-refractivity contribution in [2.75, 3.05) is 4.90 Å². The first-order valence-electron chi connectivity index (χ1n) is 25.9. The van der Waals surface area contributed by atoms with Crippen molar-refractivity contribution in [2.24, 2.45) is 0 Å². The van der Waals surface area contributed by atoms with Crippen LogP contribution in [0.1, 0.15) is 53.6 Å². The van der Waals surface area contributed by atoms with Gasteiger partial charge in [-0.2, -0.15) is 0 Å². The SMILES string of the molecule is CC1(C)c2ccccc2-c2cccc(-c3ccccc3-c3ccc(N(c4ccc5c(c4)C4(CCc6ccccc64)c4ccccc4-5)c4ccccc4-c4ccc(-c5ccccc5)c(-c5ccccc5)c4)cc3)c21. The Bertz CT molecular complexity index is 3940. The van der Waals surface area contributed by atoms with E-state index in [4.69, 9.17) is 0 Å². The first-order valence-corrected chi connectivity index (χ1v) is 25.9. The van der Waals surface area contributed by atoms with E-state index in [2.05, 4.69) is 280 Å². The highest BCUT2D eigenvalue weighted by atomic mass is 15.1. The molecule has 0 aromatic heterocycles. The minimum absolute atomic E-state index is 0.131. The third-order valence-corrected chi connectivity index (χ3v) is 16.5. The van der Waals surface area contributed by atoms with Gasteiger partial charge in [0, 0.05) is 27.8 Å². The zero-order chi connectivity index (χ0) is 48.7. The van der Waals surface area contributed by atoms with Gasteiger partial charge in [-0.25, -0.2) is 0 Å². The van der Waals surface area contributed by atoms with E-state index in [-0.39, 0.29) is 10.8 Å². The average molecular weight is 932 g/mol. The fraction of sp³-hybridized carbons (Fsp3) is 0.0833. The molecule has 1 unspecified atom stereocenters. The van der Waals surface area contributed by atoms with Gasteiger partial charge in [0.05, 0.1) is 5.69 Å². The highest BCUT2D eigenvalue weighted by molar-refractivity contribution is 5.96. The molecule has 1 heteroatoms. The number of rotatable bonds is 8. The van der Waals surface area contributed by atoms with Gasteiger partial charge in [-0.15, -0.1) is 0 Å². The third-order valence-electron chi connectivity index (χ3n) is 16.5. The average Bonchev–Trinajstić information content (AvgIpc) is 4.07. The second kappa shape index (κ2) is 16.9. The normalized spacial score (nSPS) is 15.3. The quantitative estimate of drug-likeness (QED) is 0.147. The molecule has 0 aliphatic heterocycles. The second-order valence-corrected chi connectivity index (χ2v) is 20.7. The van der Waals surface area contributed by atoms with E-state index in [1.807, 2.05) is 0 Å². The summed E-state index contributed by atoms with van der Waals surface area (Å²) in [7, 11) is 0. The molecule has 346 valence electrons. The van der Waals surface area contributed by atoms with Gasteiger partial charge in [-0.05, 0) is 155 Å². The summed E-state index contributed by atoms with van der Waals surface area (Å²) in [5.41, 5.74) is 29.0. The summed E-state index contributed by atoms with van der Waals surface area (Å²) in [6, 6.07) is 97.4. The second-order valence-electron chi connectivity index (χ2n) is 20.7. The summed E-state index contributed by atoms with van der Waals surface area (Å²) < 4.78 is 0. The lowest BCUT2D eigenvalue weighted by atomic mass is 9.73. The maximum absolute atomic E-state index is 2.53. The first-order chi connectivity index (χ1) is 36.0. The maximum atomic E-state index is 2.53. The maximum Gasteiger partial charge on any atom is 0.0540 e. The van der Waals surface area contributed by atoms with Crippen LogP contribution in [0.5, 0.6) is 0 Å². The van der Waals surface area contributed by atoms with Crippen LogP contribution in [-0.2, 0) is 17.3 Å². The molecule has 73 heavy (non-hydrogen) atoms. The summed E-state index contributed by atoms with van der Waals surface area (Å²) in [5, 5.41) is 0. The minimum atomic E-state index is -0.220. The number of benzene rings is 11. The molecule has 0 N–H and O–H groups in total. The fourth-order valence-corrected chi connectivity index (χ4v) is 13.3. The molecule has 0 fully saturated rings. The van der Waals surface area contributed by atoms with Crippen LogP contribution in [0.3, 0.4) is 0 Å². The van der Waals surface area contributed by atoms with Crippen LogP contribution in [0, 0.1) is 0 Å². The Balaban J connectivity index is 0.947. The van der Waals surface area contributed by atoms with E-state index in [1.165, 1.54) is 111 Å². The summed E-state index contributed by atoms with van der Waals surface area (Å²) in [6.45, 7) is 4.77. The van der Waals surface area contributed by atoms with E-state index in [0.717, 1.165) is 29.9 Å². The largest absolute Gasteiger partial charge is 0.310 e. The molecule has 0 heterocycles. The lowest BCUT2D eigenvalue weighted by molar-refractivity contribution is 0.626. The molecule has 3 aliphatic carbocycles. The first kappa shape index (κ1) is 43.0. The number of para-hydroxylation sites is 1. The molecule has 0 amide bonds. The molecule has 0 bridgehead atoms. The van der Waals surface area contributed by atoms with E-state index in [9.17, 15) is 0 Å². The van der Waals surface area contributed by atoms with E-state index >= 15 is 0 Å². The lowest BCUT2D eigenvalue weighted by Gasteiger charge is -2.32. The van der Waals surface area contributed by atoms with Gasteiger partial charge in [0.25, 0.3) is 0 Å². The topological polar surface area (TPSA) is 3.24 Å². The van der Waals surface area contributed by atoms with Crippen LogP contribution in [0.25, 0.3) is 77.9 Å². The van der Waals surface area contributed by atoms with Crippen molar-refractivity contribution in [3.05, 3.63) is 294 Å². The van der Waals surface area contributed by atoms with Gasteiger partial charge in [-0.3, -0.25) is 0 Å². The molecule has 1 spiro atoms. The Hall–Kier alpha value is -8.78. The van der Waals surface area contributed by atoms with Gasteiger partial charge in [0.15, 0.2) is 0 Å². The van der Waals surface area contributed by atoms with Crippen molar-refractivity contribution < 1.29 is 0 Å². The van der Waals surface area contributed by atoms with E-state index in [1.54, 1.807) is 0 Å². The van der Waals surface area contributed by atoms with Crippen LogP contribution >= 0.6 is 0 Å². The highest BCUT2D eigenvalue weighted by Gasteiger charge is 2.48. The Kier molecular flexibility index (Phi) is 9.99. The van der Waals surface area contributed by atoms with Crippen molar-refractivity contribution in [2.45, 2.75) is 37.5 Å². The van der Waals surface area contributed by atoms with E-state index in [0.29, 0.717) is 0 Å². The number of hydrogen-bond acceptors (Lipinski definition) is 1. The Morgan fingerprint density at radius 3 is 1.52 bits per heavy atom. The predicted octanol–water partition coefficient (Wildman–Crippen LogP) is 19.1. The van der Waals surface area contributed by atoms with Crippen LogP contribution in [0.2, 0.25) is 0 Å². The summed E-state index contributed by atoms with van der Waals surface area (Å²) in [6.07, 6.45) is 2.11. The van der Waals surface area contributed by atoms with Gasteiger partial charge in [0.2, 0.25) is 0 Å². The van der Waals surface area contributed by atoms with Gasteiger partial charge < -0.3 is 4.90 Å². The summed E-state index contributed by atoms with van der Waals surface area (Å²) >= 11 is 0. The highest BCUT2D eigenvalue weighted by Crippen LogP contribution is 2.60. The molecule has 0 radical (unpaired) electrons. The van der Waals surface area contributed by atoms with E-state index < -0.39 is 0 Å². The fourth-order valence-electron chi connectivity index (χ4n) is 13.3. The number of fused-ring (bicyclic) bond motifs is 10. The van der Waals surface area contributed by atoms with Crippen LogP contribution in [-0.4, -0.2) is 0 Å². The molecule has 1 atom stereocenters. The van der Waals surface area contributed by atoms with Crippen molar-refractivity contribution in [3.63, 3.8) is 0 Å². The Labute approximate surface area is 429 Å². The van der Waals surface area contributed by atoms with Crippen molar-refractivity contribution >= 4 is 17.1 Å². The summed E-state index contributed by atoms with van der Waals surface area (Å²) in [4.78, 5) is 2.51. The number of anilines is 3. The van der Waals surface area contributed by atoms with Crippen LogP contribution in [0.15, 0.2) is 261 Å². The molecule has 0 saturated heterocycles. The van der Waals surface area contributed by atoms with Gasteiger partial charge in [-0.1, -0.05) is 238 Å². The predicted molar refractivity (Wildman–Crippen MR) is 306 cm³/mol. The summed E-state index contributed by atoms with van der Waals surface area (Å²) in [5.74, 6) is 0. The lowest BCUT2D eigenvalue weighted by Crippen LogP contribution is -2.24. The van der Waals surface area contributed by atoms with Crippen molar-refractivity contribution in [1.82, 2.24) is 0 Å². The molecular weight excluding hydrogens is 879 g/mol. The zero-order valence-electron chi connectivity index (χ0n) is 41.2. The number of aryl methyl sites for hydroxylation is 1. The Morgan fingerprint density at radius 1 is 0.301 bits per heavy atom. The third kappa shape index (κ3) is 6.69. The van der Waals surface area contributed by atoms with Crippen molar-refractivity contribution in [1.29, 1.82) is 0 Å². The van der Waals surface area contributed by atoms with Crippen LogP contribution in [0.4, 0.5) is 17.1 Å². The Morgan fingerprint density at radius 2 is 0.781 bits per heavy atom. The number of hydrogen-bond donors (Lipinski definition) is 0. The number of nitrogens with zero attached hydrogens (tertiary/aromatic N) is 1. The van der Waals surface area contributed by atoms with Gasteiger partial charge in [0.1, 0.15) is 0 Å². The standard InChI is InChI=1S/C72H53N/c1-71(2)66-33-16-12-29-60(66)63-31-19-30-62(70(63)71)58-27-11-10-25-55(58)50-36-39-53(40-37-50)73(54-41-43-61-59-28-13-17-34-67(59)72(68(61)47-54)45-44-51-24-9-15-32-65(51)72)69-35-18-14-26-57(69)52-38-42-56(48-20-5-3-6-21-48)64(46-52)49-22-7-4-8-23-49/h3-43,46-47H,44-45H2,1-2H3. The minimum Gasteiger partial charge on any atom is -0.310 e. The zero-order valence-corrected chi connectivity index (χ0v) is 41.2. The van der Waals surface area contributed by atoms with Crippen LogP contribution < -0.4 is 4.90 Å². The molecule has 14 rings (SSSR count). The molecule has 3 aliphatic rings. The molecule has 11 aromatic carbocycles. The molecular formula is C72H53N. The van der Waals surface area contributed by atoms with Gasteiger partial charge >= 0.3 is 0 Å². The molecule has 0 saturated carbocycles. The molecule has 1 nitrogen and oxygen atoms in total. The monoisotopic (exact) mass is 931 g/mol. The smallest absolute Gasteiger partial charge is 0.0540 e.